The van der Waals surface area contributed by atoms with Gasteiger partial charge in [-0.25, -0.2) is 0 Å². The summed E-state index contributed by atoms with van der Waals surface area (Å²) >= 11 is 0. The number of fused-ring (bicyclic) bond motifs is 3. The lowest BCUT2D eigenvalue weighted by Crippen LogP contribution is -2.17. The lowest BCUT2D eigenvalue weighted by atomic mass is 10.1. The van der Waals surface area contributed by atoms with Gasteiger partial charge in [0.25, 0.3) is 0 Å². The monoisotopic (exact) mass is 342 g/mol. The highest BCUT2D eigenvalue weighted by atomic mass is 15.2. The Bertz CT molecular complexity index is 932. The Hall–Kier alpha value is -2.58. The Morgan fingerprint density at radius 1 is 0.885 bits per heavy atom. The van der Waals surface area contributed by atoms with Crippen LogP contribution in [0.15, 0.2) is 78.9 Å². The van der Waals surface area contributed by atoms with Crippen molar-refractivity contribution in [3.8, 4) is 0 Å². The molecule has 0 unspecified atom stereocenters. The van der Waals surface area contributed by atoms with Gasteiger partial charge in [-0.05, 0) is 23.6 Å². The van der Waals surface area contributed by atoms with E-state index in [1.807, 2.05) is 0 Å². The summed E-state index contributed by atoms with van der Waals surface area (Å²) in [4.78, 5) is 2.55. The zero-order valence-electron chi connectivity index (χ0n) is 15.4. The maximum Gasteiger partial charge on any atom is 0.0489 e. The molecular formula is C24H26N2. The van der Waals surface area contributed by atoms with Crippen LogP contribution in [0.3, 0.4) is 0 Å². The molecule has 132 valence electrons. The lowest BCUT2D eigenvalue weighted by molar-refractivity contribution is 0.272. The Labute approximate surface area is 156 Å². The third kappa shape index (κ3) is 3.38. The number of para-hydroxylation sites is 1. The molecule has 2 heteroatoms. The summed E-state index contributed by atoms with van der Waals surface area (Å²) in [7, 11) is 0. The molecular weight excluding hydrogens is 316 g/mol. The van der Waals surface area contributed by atoms with E-state index in [9.17, 15) is 0 Å². The van der Waals surface area contributed by atoms with Gasteiger partial charge in [0.15, 0.2) is 0 Å². The van der Waals surface area contributed by atoms with E-state index in [2.05, 4.69) is 95.3 Å². The van der Waals surface area contributed by atoms with Gasteiger partial charge in [0.1, 0.15) is 0 Å². The van der Waals surface area contributed by atoms with Crippen molar-refractivity contribution < 1.29 is 0 Å². The van der Waals surface area contributed by atoms with Crippen molar-refractivity contribution in [2.24, 2.45) is 0 Å². The first-order chi connectivity index (χ1) is 12.9. The van der Waals surface area contributed by atoms with Gasteiger partial charge >= 0.3 is 0 Å². The molecule has 0 atom stereocenters. The number of allylic oxidation sites excluding steroid dienone is 4. The number of nitrogens with zero attached hydrogens (tertiary/aromatic N) is 2. The summed E-state index contributed by atoms with van der Waals surface area (Å²) < 4.78 is 2.49. The number of rotatable bonds is 6. The predicted molar refractivity (Wildman–Crippen MR) is 110 cm³/mol. The number of hydrogen-bond acceptors (Lipinski definition) is 1. The second kappa shape index (κ2) is 7.76. The standard InChI is InChI=1S/C24H26N2/c1-2-3-4-5-11-16-26-23-15-10-9-14-21(23)22-18-25(19-24(22)26)17-20-12-7-6-8-13-20/h3-15H,2,16-19H2,1H3/b4-3-,11-5-. The molecule has 0 amide bonds. The number of benzene rings is 2. The van der Waals surface area contributed by atoms with Crippen LogP contribution < -0.4 is 0 Å². The Balaban J connectivity index is 1.60. The van der Waals surface area contributed by atoms with Gasteiger partial charge in [-0.3, -0.25) is 4.90 Å². The summed E-state index contributed by atoms with van der Waals surface area (Å²) in [5.41, 5.74) is 5.74. The molecule has 1 aromatic heterocycles. The second-order valence-corrected chi connectivity index (χ2v) is 6.95. The van der Waals surface area contributed by atoms with Crippen molar-refractivity contribution in [1.29, 1.82) is 0 Å². The summed E-state index contributed by atoms with van der Waals surface area (Å²) in [6.07, 6.45) is 9.85. The molecule has 0 N–H and O–H groups in total. The lowest BCUT2D eigenvalue weighted by Gasteiger charge is -2.16. The Morgan fingerprint density at radius 3 is 2.50 bits per heavy atom. The first-order valence-electron chi connectivity index (χ1n) is 9.53. The first-order valence-corrected chi connectivity index (χ1v) is 9.53. The summed E-state index contributed by atoms with van der Waals surface area (Å²) in [6, 6.07) is 19.6. The molecule has 0 aliphatic carbocycles. The van der Waals surface area contributed by atoms with E-state index in [1.165, 1.54) is 27.7 Å². The third-order valence-corrected chi connectivity index (χ3v) is 5.11. The minimum atomic E-state index is 0.934. The highest BCUT2D eigenvalue weighted by molar-refractivity contribution is 5.86. The fourth-order valence-electron chi connectivity index (χ4n) is 3.90. The van der Waals surface area contributed by atoms with Crippen molar-refractivity contribution in [2.45, 2.75) is 39.5 Å². The third-order valence-electron chi connectivity index (χ3n) is 5.11. The molecule has 0 radical (unpaired) electrons. The normalized spacial score (nSPS) is 14.8. The van der Waals surface area contributed by atoms with E-state index in [4.69, 9.17) is 0 Å². The summed E-state index contributed by atoms with van der Waals surface area (Å²) in [6.45, 7) is 6.18. The quantitative estimate of drug-likeness (QED) is 0.523. The maximum absolute atomic E-state index is 2.55. The molecule has 1 aliphatic rings. The van der Waals surface area contributed by atoms with Gasteiger partial charge in [0, 0.05) is 42.8 Å². The van der Waals surface area contributed by atoms with E-state index in [0.29, 0.717) is 0 Å². The first kappa shape index (κ1) is 16.9. The Morgan fingerprint density at radius 2 is 1.65 bits per heavy atom. The molecule has 2 aromatic carbocycles. The fraction of sp³-hybridized carbons (Fsp3) is 0.250. The number of hydrogen-bond donors (Lipinski definition) is 0. The van der Waals surface area contributed by atoms with Gasteiger partial charge in [0.2, 0.25) is 0 Å². The van der Waals surface area contributed by atoms with Crippen LogP contribution >= 0.6 is 0 Å². The van der Waals surface area contributed by atoms with Crippen LogP contribution in [-0.4, -0.2) is 9.47 Å². The second-order valence-electron chi connectivity index (χ2n) is 6.95. The molecule has 2 nitrogen and oxygen atoms in total. The minimum Gasteiger partial charge on any atom is -0.339 e. The predicted octanol–water partition coefficient (Wildman–Crippen LogP) is 5.68. The molecule has 0 spiro atoms. The minimum absolute atomic E-state index is 0.934. The highest BCUT2D eigenvalue weighted by Crippen LogP contribution is 2.34. The molecule has 2 heterocycles. The van der Waals surface area contributed by atoms with E-state index in [-0.39, 0.29) is 0 Å². The molecule has 0 fully saturated rings. The van der Waals surface area contributed by atoms with E-state index in [1.54, 1.807) is 0 Å². The van der Waals surface area contributed by atoms with Crippen molar-refractivity contribution >= 4 is 10.9 Å². The van der Waals surface area contributed by atoms with Crippen LogP contribution in [0.25, 0.3) is 10.9 Å². The fourth-order valence-corrected chi connectivity index (χ4v) is 3.90. The summed E-state index contributed by atoms with van der Waals surface area (Å²) in [5.74, 6) is 0. The van der Waals surface area contributed by atoms with Crippen LogP contribution in [0.5, 0.6) is 0 Å². The average molecular weight is 342 g/mol. The maximum atomic E-state index is 2.55. The van der Waals surface area contributed by atoms with Crippen molar-refractivity contribution in [3.05, 3.63) is 95.7 Å². The van der Waals surface area contributed by atoms with Gasteiger partial charge in [0.05, 0.1) is 0 Å². The number of aromatic nitrogens is 1. The van der Waals surface area contributed by atoms with Crippen LogP contribution in [0, 0.1) is 0 Å². The van der Waals surface area contributed by atoms with Crippen LogP contribution in [0.1, 0.15) is 30.2 Å². The zero-order chi connectivity index (χ0) is 17.8. The van der Waals surface area contributed by atoms with Crippen LogP contribution in [0.4, 0.5) is 0 Å². The van der Waals surface area contributed by atoms with Gasteiger partial charge in [-0.1, -0.05) is 79.8 Å². The zero-order valence-corrected chi connectivity index (χ0v) is 15.4. The molecule has 4 rings (SSSR count). The molecule has 3 aromatic rings. The average Bonchev–Trinajstić information content (AvgIpc) is 3.20. The van der Waals surface area contributed by atoms with Crippen molar-refractivity contribution in [2.75, 3.05) is 0 Å². The van der Waals surface area contributed by atoms with Gasteiger partial charge in [-0.15, -0.1) is 0 Å². The van der Waals surface area contributed by atoms with Crippen molar-refractivity contribution in [1.82, 2.24) is 9.47 Å². The molecule has 0 saturated carbocycles. The van der Waals surface area contributed by atoms with E-state index >= 15 is 0 Å². The van der Waals surface area contributed by atoms with Crippen LogP contribution in [-0.2, 0) is 26.2 Å². The van der Waals surface area contributed by atoms with Gasteiger partial charge < -0.3 is 4.57 Å². The molecule has 0 saturated heterocycles. The smallest absolute Gasteiger partial charge is 0.0489 e. The van der Waals surface area contributed by atoms with E-state index < -0.39 is 0 Å². The Kier molecular flexibility index (Phi) is 5.03. The van der Waals surface area contributed by atoms with Gasteiger partial charge in [-0.2, -0.15) is 0 Å². The van der Waals surface area contributed by atoms with E-state index in [0.717, 1.165) is 32.6 Å². The molecule has 0 bridgehead atoms. The molecule has 1 aliphatic heterocycles. The summed E-state index contributed by atoms with van der Waals surface area (Å²) in [5, 5.41) is 1.41. The molecule has 26 heavy (non-hydrogen) atoms. The highest BCUT2D eigenvalue weighted by Gasteiger charge is 2.26. The van der Waals surface area contributed by atoms with Crippen molar-refractivity contribution in [3.63, 3.8) is 0 Å². The SMILES string of the molecule is CC/C=C\C=C/Cn1c2c(c3ccccc31)CN(Cc1ccccc1)C2. The van der Waals surface area contributed by atoms with Crippen LogP contribution in [0.2, 0.25) is 0 Å². The topological polar surface area (TPSA) is 8.17 Å². The largest absolute Gasteiger partial charge is 0.339 e.